The number of primary amides is 1. The molecule has 2 heterocycles. The van der Waals surface area contributed by atoms with Crippen LogP contribution in [0.15, 0.2) is 39.7 Å². The minimum Gasteiger partial charge on any atom is -0.497 e. The number of amides is 1. The minimum absolute atomic E-state index is 0.143. The van der Waals surface area contributed by atoms with E-state index in [1.54, 1.807) is 33.4 Å². The molecule has 1 aromatic carbocycles. The van der Waals surface area contributed by atoms with Gasteiger partial charge in [-0.15, -0.1) is 0 Å². The second-order valence-electron chi connectivity index (χ2n) is 6.70. The lowest BCUT2D eigenvalue weighted by molar-refractivity contribution is 0.0972. The van der Waals surface area contributed by atoms with Gasteiger partial charge in [-0.25, -0.2) is 0 Å². The Morgan fingerprint density at radius 2 is 2.00 bits per heavy atom. The van der Waals surface area contributed by atoms with Crippen molar-refractivity contribution in [2.24, 2.45) is 10.7 Å². The van der Waals surface area contributed by atoms with Crippen LogP contribution in [0.3, 0.4) is 0 Å². The monoisotopic (exact) mass is 401 g/mol. The van der Waals surface area contributed by atoms with Gasteiger partial charge < -0.3 is 35.2 Å². The SMILES string of the molecule is CN=C(NCc1ccc(C(N)=O)o1)NC1CCN(c2cc(OC)cc(OC)c2)C1. The molecule has 3 rings (SSSR count). The Morgan fingerprint density at radius 1 is 1.28 bits per heavy atom. The zero-order valence-corrected chi connectivity index (χ0v) is 16.9. The summed E-state index contributed by atoms with van der Waals surface area (Å²) in [5, 5.41) is 6.61. The van der Waals surface area contributed by atoms with Gasteiger partial charge in [-0.2, -0.15) is 0 Å². The smallest absolute Gasteiger partial charge is 0.284 e. The Hall–Kier alpha value is -3.36. The topological polar surface area (TPSA) is 114 Å². The molecule has 1 fully saturated rings. The van der Waals surface area contributed by atoms with Gasteiger partial charge in [0.15, 0.2) is 11.7 Å². The second kappa shape index (κ2) is 9.22. The van der Waals surface area contributed by atoms with Crippen molar-refractivity contribution < 1.29 is 18.7 Å². The first-order valence-electron chi connectivity index (χ1n) is 9.36. The molecule has 4 N–H and O–H groups in total. The molecule has 156 valence electrons. The van der Waals surface area contributed by atoms with E-state index in [1.165, 1.54) is 0 Å². The number of carbonyl (C=O) groups excluding carboxylic acids is 1. The van der Waals surface area contributed by atoms with Gasteiger partial charge in [0.2, 0.25) is 0 Å². The third-order valence-corrected chi connectivity index (χ3v) is 4.79. The second-order valence-corrected chi connectivity index (χ2v) is 6.70. The summed E-state index contributed by atoms with van der Waals surface area (Å²) < 4.78 is 16.1. The number of benzene rings is 1. The molecule has 1 aromatic heterocycles. The quantitative estimate of drug-likeness (QED) is 0.474. The molecule has 1 aliphatic heterocycles. The minimum atomic E-state index is -0.584. The highest BCUT2D eigenvalue weighted by molar-refractivity contribution is 5.89. The first-order valence-corrected chi connectivity index (χ1v) is 9.36. The standard InChI is InChI=1S/C20H27N5O4/c1-22-20(23-11-15-4-5-18(29-15)19(21)26)24-13-6-7-25(12-13)14-8-16(27-2)10-17(9-14)28-3/h4-5,8-10,13H,6-7,11-12H2,1-3H3,(H2,21,26)(H2,22,23,24). The molecule has 9 heteroatoms. The van der Waals surface area contributed by atoms with E-state index in [2.05, 4.69) is 20.5 Å². The molecule has 1 unspecified atom stereocenters. The zero-order chi connectivity index (χ0) is 20.8. The molecule has 1 aliphatic rings. The largest absolute Gasteiger partial charge is 0.497 e. The lowest BCUT2D eigenvalue weighted by Crippen LogP contribution is -2.44. The maximum atomic E-state index is 11.1. The molecule has 0 radical (unpaired) electrons. The summed E-state index contributed by atoms with van der Waals surface area (Å²) in [6, 6.07) is 9.38. The summed E-state index contributed by atoms with van der Waals surface area (Å²) in [6.45, 7) is 2.13. The van der Waals surface area contributed by atoms with Crippen LogP contribution in [0.4, 0.5) is 5.69 Å². The first-order chi connectivity index (χ1) is 14.0. The molecule has 29 heavy (non-hydrogen) atoms. The zero-order valence-electron chi connectivity index (χ0n) is 16.9. The summed E-state index contributed by atoms with van der Waals surface area (Å²) in [7, 11) is 5.01. The van der Waals surface area contributed by atoms with Gasteiger partial charge in [-0.3, -0.25) is 9.79 Å². The molecule has 1 saturated heterocycles. The fourth-order valence-electron chi connectivity index (χ4n) is 3.25. The van der Waals surface area contributed by atoms with Gasteiger partial charge in [-0.1, -0.05) is 0 Å². The molecule has 1 amide bonds. The Labute approximate surface area is 169 Å². The van der Waals surface area contributed by atoms with E-state index in [9.17, 15) is 4.79 Å². The van der Waals surface area contributed by atoms with Crippen LogP contribution in [0.5, 0.6) is 11.5 Å². The van der Waals surface area contributed by atoms with E-state index in [0.717, 1.165) is 36.7 Å². The van der Waals surface area contributed by atoms with Crippen LogP contribution in [0.2, 0.25) is 0 Å². The molecule has 0 saturated carbocycles. The van der Waals surface area contributed by atoms with Crippen LogP contribution in [0.1, 0.15) is 22.7 Å². The number of nitrogens with zero attached hydrogens (tertiary/aromatic N) is 2. The number of hydrogen-bond acceptors (Lipinski definition) is 6. The number of ether oxygens (including phenoxy) is 2. The van der Waals surface area contributed by atoms with Crippen molar-refractivity contribution >= 4 is 17.6 Å². The molecule has 2 aromatic rings. The Kier molecular flexibility index (Phi) is 6.48. The van der Waals surface area contributed by atoms with Gasteiger partial charge in [-0.05, 0) is 18.6 Å². The Morgan fingerprint density at radius 3 is 2.59 bits per heavy atom. The normalized spacial score (nSPS) is 16.6. The van der Waals surface area contributed by atoms with E-state index >= 15 is 0 Å². The average molecular weight is 401 g/mol. The maximum absolute atomic E-state index is 11.1. The molecule has 0 aliphatic carbocycles. The van der Waals surface area contributed by atoms with Crippen LogP contribution in [-0.4, -0.2) is 52.3 Å². The number of anilines is 1. The number of nitrogens with one attached hydrogen (secondary N) is 2. The van der Waals surface area contributed by atoms with Crippen LogP contribution < -0.4 is 30.7 Å². The number of nitrogens with two attached hydrogens (primary N) is 1. The van der Waals surface area contributed by atoms with Crippen molar-refractivity contribution in [3.63, 3.8) is 0 Å². The van der Waals surface area contributed by atoms with Crippen LogP contribution in [0.25, 0.3) is 0 Å². The molecular formula is C20H27N5O4. The van der Waals surface area contributed by atoms with Gasteiger partial charge in [0.1, 0.15) is 17.3 Å². The number of guanidine groups is 1. The van der Waals surface area contributed by atoms with Crippen LogP contribution in [0, 0.1) is 0 Å². The average Bonchev–Trinajstić information content (AvgIpc) is 3.40. The van der Waals surface area contributed by atoms with Crippen LogP contribution in [-0.2, 0) is 6.54 Å². The highest BCUT2D eigenvalue weighted by Crippen LogP contribution is 2.30. The number of hydrogen-bond donors (Lipinski definition) is 3. The number of rotatable bonds is 7. The van der Waals surface area contributed by atoms with E-state index in [-0.39, 0.29) is 11.8 Å². The number of aliphatic imine (C=N–C) groups is 1. The summed E-state index contributed by atoms with van der Waals surface area (Å²) in [6.07, 6.45) is 0.965. The van der Waals surface area contributed by atoms with Gasteiger partial charge in [0.25, 0.3) is 5.91 Å². The van der Waals surface area contributed by atoms with Gasteiger partial charge in [0, 0.05) is 50.1 Å². The highest BCUT2D eigenvalue weighted by Gasteiger charge is 2.24. The third-order valence-electron chi connectivity index (χ3n) is 4.79. The number of furan rings is 1. The van der Waals surface area contributed by atoms with E-state index in [0.29, 0.717) is 18.3 Å². The Bertz CT molecular complexity index is 857. The summed E-state index contributed by atoms with van der Waals surface area (Å²) in [4.78, 5) is 17.7. The lowest BCUT2D eigenvalue weighted by Gasteiger charge is -2.21. The number of methoxy groups -OCH3 is 2. The summed E-state index contributed by atoms with van der Waals surface area (Å²) in [5.74, 6) is 2.36. The van der Waals surface area contributed by atoms with Gasteiger partial charge >= 0.3 is 0 Å². The highest BCUT2D eigenvalue weighted by atomic mass is 16.5. The van der Waals surface area contributed by atoms with Crippen molar-refractivity contribution in [1.82, 2.24) is 10.6 Å². The van der Waals surface area contributed by atoms with E-state index in [1.807, 2.05) is 18.2 Å². The Balaban J connectivity index is 1.56. The van der Waals surface area contributed by atoms with Crippen molar-refractivity contribution in [2.75, 3.05) is 39.3 Å². The van der Waals surface area contributed by atoms with Crippen molar-refractivity contribution in [2.45, 2.75) is 19.0 Å². The molecular weight excluding hydrogens is 374 g/mol. The lowest BCUT2D eigenvalue weighted by atomic mass is 10.2. The molecule has 1 atom stereocenters. The summed E-state index contributed by atoms with van der Waals surface area (Å²) >= 11 is 0. The number of carbonyl (C=O) groups is 1. The van der Waals surface area contributed by atoms with E-state index in [4.69, 9.17) is 19.6 Å². The third kappa shape index (κ3) is 5.13. The summed E-state index contributed by atoms with van der Waals surface area (Å²) in [5.41, 5.74) is 6.26. The van der Waals surface area contributed by atoms with Crippen molar-refractivity contribution in [3.8, 4) is 11.5 Å². The van der Waals surface area contributed by atoms with Crippen LogP contribution >= 0.6 is 0 Å². The fourth-order valence-corrected chi connectivity index (χ4v) is 3.25. The van der Waals surface area contributed by atoms with Crippen molar-refractivity contribution in [1.29, 1.82) is 0 Å². The van der Waals surface area contributed by atoms with E-state index < -0.39 is 5.91 Å². The predicted octanol–water partition coefficient (Wildman–Crippen LogP) is 1.34. The molecule has 9 nitrogen and oxygen atoms in total. The predicted molar refractivity (Wildman–Crippen MR) is 111 cm³/mol. The van der Waals surface area contributed by atoms with Gasteiger partial charge in [0.05, 0.1) is 20.8 Å². The van der Waals surface area contributed by atoms with Crippen molar-refractivity contribution in [3.05, 3.63) is 41.9 Å². The maximum Gasteiger partial charge on any atom is 0.284 e. The molecule has 0 spiro atoms. The first kappa shape index (κ1) is 20.4. The fraction of sp³-hybridized carbons (Fsp3) is 0.400. The molecule has 0 bridgehead atoms.